The monoisotopic (exact) mass is 503 g/mol. The van der Waals surface area contributed by atoms with Crippen LogP contribution in [0.4, 0.5) is 23.2 Å². The first kappa shape index (κ1) is 25.4. The molecule has 0 bridgehead atoms. The quantitative estimate of drug-likeness (QED) is 0.488. The van der Waals surface area contributed by atoms with E-state index in [9.17, 15) is 27.6 Å². The van der Waals surface area contributed by atoms with Crippen LogP contribution in [0.15, 0.2) is 41.2 Å². The van der Waals surface area contributed by atoms with Gasteiger partial charge in [-0.25, -0.2) is 9.37 Å². The van der Waals surface area contributed by atoms with Crippen LogP contribution < -0.4 is 15.2 Å². The van der Waals surface area contributed by atoms with Crippen LogP contribution in [0.3, 0.4) is 0 Å². The molecule has 190 valence electrons. The van der Waals surface area contributed by atoms with Crippen LogP contribution in [0.2, 0.25) is 0 Å². The van der Waals surface area contributed by atoms with Crippen molar-refractivity contribution in [2.45, 2.75) is 45.3 Å². The summed E-state index contributed by atoms with van der Waals surface area (Å²) in [5, 5.41) is 9.32. The van der Waals surface area contributed by atoms with Gasteiger partial charge >= 0.3 is 6.36 Å². The van der Waals surface area contributed by atoms with Crippen LogP contribution in [0.25, 0.3) is 11.0 Å². The summed E-state index contributed by atoms with van der Waals surface area (Å²) in [4.78, 5) is 21.2. The SMILES string of the molecule is CC(c1cccc(OC(F)(F)F)c1F)N1C[C@H](C)N(c2cc(=O)n(C)c3ccc(C#N)nc23)C[C@H]1C. The maximum atomic E-state index is 15.0. The minimum atomic E-state index is -4.99. The number of benzene rings is 1. The Labute approximate surface area is 205 Å². The molecule has 1 aromatic carbocycles. The smallest absolute Gasteiger partial charge is 0.403 e. The third-order valence-electron chi connectivity index (χ3n) is 6.69. The fourth-order valence-electron chi connectivity index (χ4n) is 4.85. The molecule has 3 aromatic rings. The lowest BCUT2D eigenvalue weighted by Crippen LogP contribution is -2.57. The normalized spacial score (nSPS) is 19.8. The molecule has 0 aliphatic carbocycles. The molecule has 4 rings (SSSR count). The molecule has 1 aliphatic rings. The predicted molar refractivity (Wildman–Crippen MR) is 126 cm³/mol. The Bertz CT molecular complexity index is 1400. The molecule has 0 N–H and O–H groups in total. The van der Waals surface area contributed by atoms with E-state index < -0.39 is 24.0 Å². The van der Waals surface area contributed by atoms with E-state index in [-0.39, 0.29) is 28.9 Å². The molecule has 0 radical (unpaired) electrons. The lowest BCUT2D eigenvalue weighted by molar-refractivity contribution is -0.275. The minimum absolute atomic E-state index is 0.101. The van der Waals surface area contributed by atoms with Crippen LogP contribution in [0, 0.1) is 17.1 Å². The summed E-state index contributed by atoms with van der Waals surface area (Å²) in [6.45, 7) is 6.51. The molecule has 36 heavy (non-hydrogen) atoms. The van der Waals surface area contributed by atoms with Crippen LogP contribution in [-0.2, 0) is 7.05 Å². The summed E-state index contributed by atoms with van der Waals surface area (Å²) in [5.74, 6) is -1.91. The van der Waals surface area contributed by atoms with Crippen molar-refractivity contribution in [3.8, 4) is 11.8 Å². The van der Waals surface area contributed by atoms with Gasteiger partial charge in [-0.3, -0.25) is 9.69 Å². The number of aromatic nitrogens is 2. The second-order valence-corrected chi connectivity index (χ2v) is 9.03. The summed E-state index contributed by atoms with van der Waals surface area (Å²) in [7, 11) is 1.64. The van der Waals surface area contributed by atoms with Crippen molar-refractivity contribution in [2.24, 2.45) is 7.05 Å². The largest absolute Gasteiger partial charge is 0.573 e. The molecule has 0 saturated carbocycles. The first-order chi connectivity index (χ1) is 16.9. The molecule has 0 amide bonds. The number of hydrogen-bond donors (Lipinski definition) is 0. The number of piperazine rings is 1. The van der Waals surface area contributed by atoms with Crippen molar-refractivity contribution in [3.05, 3.63) is 63.8 Å². The first-order valence-corrected chi connectivity index (χ1v) is 11.4. The summed E-state index contributed by atoms with van der Waals surface area (Å²) >= 11 is 0. The highest BCUT2D eigenvalue weighted by Gasteiger charge is 2.36. The zero-order chi connectivity index (χ0) is 26.4. The van der Waals surface area contributed by atoms with Gasteiger partial charge in [-0.15, -0.1) is 13.2 Å². The molecule has 1 aliphatic heterocycles. The molecule has 3 atom stereocenters. The maximum Gasteiger partial charge on any atom is 0.573 e. The molecule has 1 saturated heterocycles. The van der Waals surface area contributed by atoms with Crippen molar-refractivity contribution in [3.63, 3.8) is 0 Å². The zero-order valence-corrected chi connectivity index (χ0v) is 20.2. The number of aryl methyl sites for hydroxylation is 1. The van der Waals surface area contributed by atoms with Crippen molar-refractivity contribution < 1.29 is 22.3 Å². The predicted octanol–water partition coefficient (Wildman–Crippen LogP) is 4.50. The Morgan fingerprint density at radius 1 is 1.17 bits per heavy atom. The third kappa shape index (κ3) is 4.73. The van der Waals surface area contributed by atoms with Crippen LogP contribution in [-0.4, -0.2) is 46.0 Å². The summed E-state index contributed by atoms with van der Waals surface area (Å²) in [6, 6.07) is 9.68. The van der Waals surface area contributed by atoms with E-state index in [2.05, 4.69) is 9.72 Å². The van der Waals surface area contributed by atoms with E-state index in [1.54, 1.807) is 26.1 Å². The molecule has 1 fully saturated rings. The molecule has 1 unspecified atom stereocenters. The van der Waals surface area contributed by atoms with Crippen molar-refractivity contribution in [2.75, 3.05) is 18.0 Å². The van der Waals surface area contributed by atoms with Gasteiger partial charge in [0, 0.05) is 49.9 Å². The summed E-state index contributed by atoms with van der Waals surface area (Å²) in [6.07, 6.45) is -4.99. The van der Waals surface area contributed by atoms with Gasteiger partial charge in [0.1, 0.15) is 17.3 Å². The highest BCUT2D eigenvalue weighted by Crippen LogP contribution is 2.35. The molecule has 3 heterocycles. The number of ether oxygens (including phenoxy) is 1. The molecule has 0 spiro atoms. The van der Waals surface area contributed by atoms with Gasteiger partial charge in [0.2, 0.25) is 0 Å². The number of nitrogens with zero attached hydrogens (tertiary/aromatic N) is 5. The highest BCUT2D eigenvalue weighted by atomic mass is 19.4. The number of fused-ring (bicyclic) bond motifs is 1. The summed E-state index contributed by atoms with van der Waals surface area (Å²) in [5.41, 5.74) is 1.83. The van der Waals surface area contributed by atoms with E-state index in [1.165, 1.54) is 22.8 Å². The van der Waals surface area contributed by atoms with Gasteiger partial charge in [0.05, 0.1) is 11.2 Å². The van der Waals surface area contributed by atoms with Gasteiger partial charge in [0.25, 0.3) is 5.56 Å². The van der Waals surface area contributed by atoms with Crippen LogP contribution in [0.1, 0.15) is 38.1 Å². The fourth-order valence-corrected chi connectivity index (χ4v) is 4.85. The average Bonchev–Trinajstić information content (AvgIpc) is 2.82. The standard InChI is InChI=1S/C25H25F4N5O2/c1-14-13-34(20-10-22(35)32(4)19-9-8-17(11-30)31-24(19)20)15(2)12-33(14)16(3)18-6-5-7-21(23(18)26)36-25(27,28)29/h5-10,14-16H,12-13H2,1-4H3/t14-,15+,16?/m1/s1. The average molecular weight is 504 g/mol. The van der Waals surface area contributed by atoms with Crippen LogP contribution >= 0.6 is 0 Å². The van der Waals surface area contributed by atoms with Crippen molar-refractivity contribution in [1.82, 2.24) is 14.5 Å². The summed E-state index contributed by atoms with van der Waals surface area (Å²) < 4.78 is 58.4. The van der Waals surface area contributed by atoms with Gasteiger partial charge < -0.3 is 14.2 Å². The number of nitriles is 1. The van der Waals surface area contributed by atoms with Crippen LogP contribution in [0.5, 0.6) is 5.75 Å². The number of halogens is 4. The Morgan fingerprint density at radius 3 is 2.56 bits per heavy atom. The van der Waals surface area contributed by atoms with Gasteiger partial charge in [-0.2, -0.15) is 5.26 Å². The molecular formula is C25H25F4N5O2. The maximum absolute atomic E-state index is 15.0. The second kappa shape index (κ2) is 9.43. The van der Waals surface area contributed by atoms with Gasteiger partial charge in [0.15, 0.2) is 11.6 Å². The molecule has 2 aromatic heterocycles. The first-order valence-electron chi connectivity index (χ1n) is 11.4. The second-order valence-electron chi connectivity index (χ2n) is 9.03. The Kier molecular flexibility index (Phi) is 6.66. The number of hydrogen-bond acceptors (Lipinski definition) is 6. The Balaban J connectivity index is 1.66. The molecule has 11 heteroatoms. The van der Waals surface area contributed by atoms with E-state index >= 15 is 0 Å². The van der Waals surface area contributed by atoms with Gasteiger partial charge in [-0.1, -0.05) is 12.1 Å². The molecular weight excluding hydrogens is 478 g/mol. The Morgan fingerprint density at radius 2 is 1.89 bits per heavy atom. The highest BCUT2D eigenvalue weighted by molar-refractivity contribution is 5.89. The number of anilines is 1. The number of rotatable bonds is 4. The molecule has 7 nitrogen and oxygen atoms in total. The number of pyridine rings is 2. The minimum Gasteiger partial charge on any atom is -0.403 e. The topological polar surface area (TPSA) is 74.4 Å². The van der Waals surface area contributed by atoms with E-state index in [1.807, 2.05) is 29.7 Å². The van der Waals surface area contributed by atoms with Crippen molar-refractivity contribution >= 4 is 16.7 Å². The van der Waals surface area contributed by atoms with E-state index in [0.29, 0.717) is 29.8 Å². The van der Waals surface area contributed by atoms with Crippen molar-refractivity contribution in [1.29, 1.82) is 5.26 Å². The van der Waals surface area contributed by atoms with Gasteiger partial charge in [-0.05, 0) is 39.0 Å². The lowest BCUT2D eigenvalue weighted by Gasteiger charge is -2.47. The Hall–Kier alpha value is -3.65. The number of alkyl halides is 3. The third-order valence-corrected chi connectivity index (χ3v) is 6.69. The lowest BCUT2D eigenvalue weighted by atomic mass is 9.99. The zero-order valence-electron chi connectivity index (χ0n) is 20.2. The van der Waals surface area contributed by atoms with E-state index in [4.69, 9.17) is 0 Å². The van der Waals surface area contributed by atoms with E-state index in [0.717, 1.165) is 6.07 Å². The fraction of sp³-hybridized carbons (Fsp3) is 0.400.